The highest BCUT2D eigenvalue weighted by atomic mass is 16.5. The Morgan fingerprint density at radius 2 is 1.94 bits per heavy atom. The summed E-state index contributed by atoms with van der Waals surface area (Å²) >= 11 is 0. The Balaban J connectivity index is 2.31. The molecule has 1 heterocycles. The Bertz CT molecular complexity index is 494. The Morgan fingerprint density at radius 1 is 1.25 bits per heavy atom. The molecular weight excluding hydrogens is 204 g/mol. The number of hydrogen-bond donors (Lipinski definition) is 0. The van der Waals surface area contributed by atoms with Crippen molar-refractivity contribution in [3.63, 3.8) is 0 Å². The molecule has 0 aliphatic heterocycles. The normalized spacial score (nSPS) is 10.1. The molecule has 0 amide bonds. The lowest BCUT2D eigenvalue weighted by atomic mass is 10.1. The molecule has 0 unspecified atom stereocenters. The quantitative estimate of drug-likeness (QED) is 0.724. The smallest absolute Gasteiger partial charge is 0.341 e. The first-order chi connectivity index (χ1) is 7.70. The van der Waals surface area contributed by atoms with Crippen molar-refractivity contribution >= 4 is 5.97 Å². The highest BCUT2D eigenvalue weighted by Crippen LogP contribution is 2.22. The topological polar surface area (TPSA) is 39.4 Å². The fourth-order valence-corrected chi connectivity index (χ4v) is 1.43. The number of furan rings is 1. The van der Waals surface area contributed by atoms with Crippen molar-refractivity contribution in [2.24, 2.45) is 0 Å². The molecule has 0 aliphatic carbocycles. The second-order valence-electron chi connectivity index (χ2n) is 3.56. The molecule has 0 saturated heterocycles. The average Bonchev–Trinajstić information content (AvgIpc) is 2.78. The van der Waals surface area contributed by atoms with E-state index in [1.165, 1.54) is 18.9 Å². The van der Waals surface area contributed by atoms with Crippen LogP contribution in [0.5, 0.6) is 0 Å². The van der Waals surface area contributed by atoms with Gasteiger partial charge in [-0.1, -0.05) is 29.8 Å². The summed E-state index contributed by atoms with van der Waals surface area (Å²) < 4.78 is 9.92. The highest BCUT2D eigenvalue weighted by molar-refractivity contribution is 5.90. The van der Waals surface area contributed by atoms with Gasteiger partial charge >= 0.3 is 5.97 Å². The van der Waals surface area contributed by atoms with Crippen LogP contribution in [0.1, 0.15) is 15.9 Å². The van der Waals surface area contributed by atoms with Crippen molar-refractivity contribution < 1.29 is 13.9 Å². The third-order valence-electron chi connectivity index (χ3n) is 2.36. The third-order valence-corrected chi connectivity index (χ3v) is 2.36. The molecule has 0 aliphatic rings. The minimum atomic E-state index is -0.387. The van der Waals surface area contributed by atoms with Crippen LogP contribution >= 0.6 is 0 Å². The van der Waals surface area contributed by atoms with Crippen LogP contribution in [0, 0.1) is 6.92 Å². The summed E-state index contributed by atoms with van der Waals surface area (Å²) in [6.45, 7) is 2.02. The van der Waals surface area contributed by atoms with Crippen molar-refractivity contribution in [3.05, 3.63) is 47.7 Å². The van der Waals surface area contributed by atoms with Gasteiger partial charge in [0.1, 0.15) is 12.0 Å². The molecule has 3 nitrogen and oxygen atoms in total. The van der Waals surface area contributed by atoms with Crippen LogP contribution in [-0.2, 0) is 4.74 Å². The molecule has 0 spiro atoms. The molecule has 1 aromatic heterocycles. The lowest BCUT2D eigenvalue weighted by Gasteiger charge is -1.96. The summed E-state index contributed by atoms with van der Waals surface area (Å²) in [5.74, 6) is 0.280. The number of benzene rings is 1. The number of carbonyl (C=O) groups excluding carboxylic acids is 1. The van der Waals surface area contributed by atoms with Gasteiger partial charge in [0.25, 0.3) is 0 Å². The zero-order valence-corrected chi connectivity index (χ0v) is 9.19. The van der Waals surface area contributed by atoms with Crippen LogP contribution < -0.4 is 0 Å². The van der Waals surface area contributed by atoms with Gasteiger partial charge in [0.15, 0.2) is 0 Å². The maximum atomic E-state index is 11.2. The van der Waals surface area contributed by atoms with E-state index in [2.05, 4.69) is 4.74 Å². The molecule has 1 aromatic carbocycles. The van der Waals surface area contributed by atoms with Gasteiger partial charge < -0.3 is 9.15 Å². The lowest BCUT2D eigenvalue weighted by Crippen LogP contribution is -1.98. The van der Waals surface area contributed by atoms with Gasteiger partial charge in [0, 0.05) is 5.56 Å². The van der Waals surface area contributed by atoms with Crippen LogP contribution in [0.25, 0.3) is 11.3 Å². The minimum Gasteiger partial charge on any atom is -0.465 e. The number of ether oxygens (including phenoxy) is 1. The molecule has 0 atom stereocenters. The maximum absolute atomic E-state index is 11.2. The van der Waals surface area contributed by atoms with E-state index in [4.69, 9.17) is 4.42 Å². The summed E-state index contributed by atoms with van der Waals surface area (Å²) in [5.41, 5.74) is 2.56. The number of hydrogen-bond acceptors (Lipinski definition) is 3. The lowest BCUT2D eigenvalue weighted by molar-refractivity contribution is 0.0600. The first-order valence-electron chi connectivity index (χ1n) is 4.94. The molecule has 2 aromatic rings. The van der Waals surface area contributed by atoms with Crippen molar-refractivity contribution in [1.29, 1.82) is 0 Å². The minimum absolute atomic E-state index is 0.387. The van der Waals surface area contributed by atoms with Gasteiger partial charge in [-0.25, -0.2) is 4.79 Å². The van der Waals surface area contributed by atoms with E-state index in [0.717, 1.165) is 5.56 Å². The summed E-state index contributed by atoms with van der Waals surface area (Å²) in [6.07, 6.45) is 1.40. The Hall–Kier alpha value is -2.03. The van der Waals surface area contributed by atoms with E-state index in [0.29, 0.717) is 11.3 Å². The SMILES string of the molecule is COC(=O)c1coc(-c2ccc(C)cc2)c1. The third kappa shape index (κ3) is 1.98. The number of methoxy groups -OCH3 is 1. The van der Waals surface area contributed by atoms with E-state index in [1.54, 1.807) is 6.07 Å². The van der Waals surface area contributed by atoms with Crippen molar-refractivity contribution in [1.82, 2.24) is 0 Å². The van der Waals surface area contributed by atoms with Gasteiger partial charge in [-0.15, -0.1) is 0 Å². The van der Waals surface area contributed by atoms with E-state index in [1.807, 2.05) is 31.2 Å². The molecule has 0 bridgehead atoms. The largest absolute Gasteiger partial charge is 0.465 e. The summed E-state index contributed by atoms with van der Waals surface area (Å²) in [4.78, 5) is 11.2. The van der Waals surface area contributed by atoms with Crippen LogP contribution in [-0.4, -0.2) is 13.1 Å². The number of carbonyl (C=O) groups is 1. The first-order valence-corrected chi connectivity index (χ1v) is 4.94. The molecule has 0 radical (unpaired) electrons. The fraction of sp³-hybridized carbons (Fsp3) is 0.154. The Morgan fingerprint density at radius 3 is 2.56 bits per heavy atom. The maximum Gasteiger partial charge on any atom is 0.341 e. The number of aryl methyl sites for hydroxylation is 1. The summed E-state index contributed by atoms with van der Waals surface area (Å²) in [7, 11) is 1.35. The van der Waals surface area contributed by atoms with Crippen molar-refractivity contribution in [3.8, 4) is 11.3 Å². The van der Waals surface area contributed by atoms with Gasteiger partial charge in [-0.3, -0.25) is 0 Å². The highest BCUT2D eigenvalue weighted by Gasteiger charge is 2.10. The monoisotopic (exact) mass is 216 g/mol. The van der Waals surface area contributed by atoms with E-state index in [-0.39, 0.29) is 5.97 Å². The molecule has 82 valence electrons. The van der Waals surface area contributed by atoms with Crippen LogP contribution in [0.4, 0.5) is 0 Å². The predicted molar refractivity (Wildman–Crippen MR) is 60.2 cm³/mol. The van der Waals surface area contributed by atoms with Gasteiger partial charge in [-0.2, -0.15) is 0 Å². The molecular formula is C13H12O3. The second-order valence-corrected chi connectivity index (χ2v) is 3.56. The summed E-state index contributed by atoms with van der Waals surface area (Å²) in [5, 5.41) is 0. The molecule has 2 rings (SSSR count). The molecule has 3 heteroatoms. The molecule has 0 saturated carbocycles. The Labute approximate surface area is 93.7 Å². The van der Waals surface area contributed by atoms with Crippen LogP contribution in [0.3, 0.4) is 0 Å². The van der Waals surface area contributed by atoms with Crippen LogP contribution in [0.2, 0.25) is 0 Å². The zero-order chi connectivity index (χ0) is 11.5. The van der Waals surface area contributed by atoms with E-state index >= 15 is 0 Å². The fourth-order valence-electron chi connectivity index (χ4n) is 1.43. The zero-order valence-electron chi connectivity index (χ0n) is 9.19. The van der Waals surface area contributed by atoms with Gasteiger partial charge in [0.05, 0.1) is 12.7 Å². The van der Waals surface area contributed by atoms with E-state index in [9.17, 15) is 4.79 Å². The Kier molecular flexibility index (Phi) is 2.77. The average molecular weight is 216 g/mol. The van der Waals surface area contributed by atoms with Gasteiger partial charge in [-0.05, 0) is 13.0 Å². The van der Waals surface area contributed by atoms with Crippen molar-refractivity contribution in [2.75, 3.05) is 7.11 Å². The van der Waals surface area contributed by atoms with Crippen molar-refractivity contribution in [2.45, 2.75) is 6.92 Å². The molecule has 0 fully saturated rings. The van der Waals surface area contributed by atoms with E-state index < -0.39 is 0 Å². The predicted octanol–water partition coefficient (Wildman–Crippen LogP) is 3.04. The number of esters is 1. The number of rotatable bonds is 2. The summed E-state index contributed by atoms with van der Waals surface area (Å²) in [6, 6.07) is 9.58. The second kappa shape index (κ2) is 4.23. The standard InChI is InChI=1S/C13H12O3/c1-9-3-5-10(6-4-9)12-7-11(8-16-12)13(14)15-2/h3-8H,1-2H3. The van der Waals surface area contributed by atoms with Crippen LogP contribution in [0.15, 0.2) is 41.0 Å². The molecule has 16 heavy (non-hydrogen) atoms. The van der Waals surface area contributed by atoms with Gasteiger partial charge in [0.2, 0.25) is 0 Å². The first kappa shape index (κ1) is 10.5. The molecule has 0 N–H and O–H groups in total.